The van der Waals surface area contributed by atoms with Crippen LogP contribution >= 0.6 is 0 Å². The van der Waals surface area contributed by atoms with Crippen LogP contribution in [0.4, 0.5) is 0 Å². The Kier molecular flexibility index (Phi) is 4.60. The molecule has 6 nitrogen and oxygen atoms in total. The maximum absolute atomic E-state index is 12.0. The molecule has 0 aromatic heterocycles. The molecule has 1 aliphatic rings. The summed E-state index contributed by atoms with van der Waals surface area (Å²) >= 11 is 0. The van der Waals surface area contributed by atoms with Gasteiger partial charge in [0.15, 0.2) is 9.84 Å². The van der Waals surface area contributed by atoms with Crippen LogP contribution in [-0.4, -0.2) is 42.4 Å². The number of amides is 1. The zero-order valence-electron chi connectivity index (χ0n) is 11.5. The van der Waals surface area contributed by atoms with Gasteiger partial charge >= 0.3 is 5.97 Å². The van der Waals surface area contributed by atoms with Crippen molar-refractivity contribution in [1.82, 2.24) is 5.32 Å². The van der Waals surface area contributed by atoms with Crippen LogP contribution in [0.5, 0.6) is 0 Å². The molecule has 1 aliphatic carbocycles. The van der Waals surface area contributed by atoms with Crippen molar-refractivity contribution in [2.24, 2.45) is 5.92 Å². The molecule has 1 fully saturated rings. The Morgan fingerprint density at radius 1 is 1.37 bits per heavy atom. The summed E-state index contributed by atoms with van der Waals surface area (Å²) in [5.74, 6) is -2.04. The number of rotatable bonds is 4. The highest BCUT2D eigenvalue weighted by atomic mass is 32.2. The molecule has 0 saturated heterocycles. The molecule has 110 valence electrons. The molecule has 1 rings (SSSR count). The number of hydrogen-bond donors (Lipinski definition) is 2. The van der Waals surface area contributed by atoms with E-state index in [1.807, 2.05) is 0 Å². The molecule has 0 aromatic rings. The van der Waals surface area contributed by atoms with Gasteiger partial charge in [-0.1, -0.05) is 19.8 Å². The van der Waals surface area contributed by atoms with Crippen LogP contribution in [0.15, 0.2) is 0 Å². The Labute approximate surface area is 113 Å². The minimum atomic E-state index is -3.53. The van der Waals surface area contributed by atoms with Gasteiger partial charge in [0.25, 0.3) is 0 Å². The molecule has 2 N–H and O–H groups in total. The lowest BCUT2D eigenvalue weighted by Gasteiger charge is -2.40. The van der Waals surface area contributed by atoms with Gasteiger partial charge in [-0.15, -0.1) is 0 Å². The van der Waals surface area contributed by atoms with Crippen LogP contribution in [-0.2, 0) is 19.4 Å². The Morgan fingerprint density at radius 3 is 2.37 bits per heavy atom. The van der Waals surface area contributed by atoms with Crippen LogP contribution in [0, 0.1) is 5.92 Å². The maximum Gasteiger partial charge on any atom is 0.329 e. The van der Waals surface area contributed by atoms with Crippen molar-refractivity contribution in [3.8, 4) is 0 Å². The third-order valence-electron chi connectivity index (χ3n) is 4.04. The predicted octanol–water partition coefficient (Wildman–Crippen LogP) is 0.569. The summed E-state index contributed by atoms with van der Waals surface area (Å²) < 4.78 is 22.7. The number of aliphatic carboxylic acids is 1. The lowest BCUT2D eigenvalue weighted by Crippen LogP contribution is -2.62. The minimum absolute atomic E-state index is 0.213. The first-order chi connectivity index (χ1) is 8.61. The van der Waals surface area contributed by atoms with E-state index in [2.05, 4.69) is 5.32 Å². The zero-order chi connectivity index (χ0) is 14.8. The Balaban J connectivity index is 2.97. The molecule has 7 heteroatoms. The minimum Gasteiger partial charge on any atom is -0.479 e. The van der Waals surface area contributed by atoms with Crippen molar-refractivity contribution >= 4 is 21.7 Å². The average Bonchev–Trinajstić information content (AvgIpc) is 2.29. The van der Waals surface area contributed by atoms with Gasteiger partial charge in [-0.2, -0.15) is 0 Å². The number of carboxylic acids is 1. The average molecular weight is 291 g/mol. The third kappa shape index (κ3) is 3.26. The van der Waals surface area contributed by atoms with Crippen LogP contribution in [0.1, 0.15) is 39.5 Å². The molecule has 1 saturated carbocycles. The fraction of sp³-hybridized carbons (Fsp3) is 0.833. The fourth-order valence-corrected chi connectivity index (χ4v) is 2.87. The summed E-state index contributed by atoms with van der Waals surface area (Å²) in [6.45, 7) is 3.05. The molecule has 0 spiro atoms. The monoisotopic (exact) mass is 291 g/mol. The quantitative estimate of drug-likeness (QED) is 0.788. The fourth-order valence-electron chi connectivity index (χ4n) is 2.42. The highest BCUT2D eigenvalue weighted by Crippen LogP contribution is 2.34. The van der Waals surface area contributed by atoms with Crippen molar-refractivity contribution in [3.05, 3.63) is 0 Å². The van der Waals surface area contributed by atoms with Crippen LogP contribution in [0.3, 0.4) is 0 Å². The van der Waals surface area contributed by atoms with Crippen LogP contribution < -0.4 is 5.32 Å². The van der Waals surface area contributed by atoms with Crippen molar-refractivity contribution in [2.45, 2.75) is 50.3 Å². The van der Waals surface area contributed by atoms with E-state index >= 15 is 0 Å². The molecule has 19 heavy (non-hydrogen) atoms. The Morgan fingerprint density at radius 2 is 1.95 bits per heavy atom. The molecule has 0 aliphatic heterocycles. The lowest BCUT2D eigenvalue weighted by molar-refractivity contribution is -0.151. The Hall–Kier alpha value is -1.11. The summed E-state index contributed by atoms with van der Waals surface area (Å²) in [5.41, 5.74) is -1.34. The highest BCUT2D eigenvalue weighted by Gasteiger charge is 2.47. The first-order valence-electron chi connectivity index (χ1n) is 6.35. The molecule has 3 atom stereocenters. The van der Waals surface area contributed by atoms with Gasteiger partial charge in [-0.3, -0.25) is 4.79 Å². The SMILES string of the molecule is CC1CCCCC1(NC(=O)C(C)S(C)(=O)=O)C(=O)O. The van der Waals surface area contributed by atoms with Gasteiger partial charge in [0, 0.05) is 6.26 Å². The predicted molar refractivity (Wildman–Crippen MR) is 70.4 cm³/mol. The second-order valence-corrected chi connectivity index (χ2v) is 7.75. The second-order valence-electron chi connectivity index (χ2n) is 5.38. The molecule has 3 unspecified atom stereocenters. The van der Waals surface area contributed by atoms with Crippen LogP contribution in [0.25, 0.3) is 0 Å². The van der Waals surface area contributed by atoms with Crippen molar-refractivity contribution in [3.63, 3.8) is 0 Å². The van der Waals surface area contributed by atoms with E-state index in [9.17, 15) is 23.1 Å². The van der Waals surface area contributed by atoms with E-state index in [4.69, 9.17) is 0 Å². The summed E-state index contributed by atoms with van der Waals surface area (Å²) in [6.07, 6.45) is 3.65. The van der Waals surface area contributed by atoms with Gasteiger partial charge in [-0.05, 0) is 25.7 Å². The zero-order valence-corrected chi connectivity index (χ0v) is 12.3. The molecular weight excluding hydrogens is 270 g/mol. The summed E-state index contributed by atoms with van der Waals surface area (Å²) in [6, 6.07) is 0. The summed E-state index contributed by atoms with van der Waals surface area (Å²) in [7, 11) is -3.53. The van der Waals surface area contributed by atoms with Gasteiger partial charge in [-0.25, -0.2) is 13.2 Å². The van der Waals surface area contributed by atoms with Gasteiger partial charge in [0.1, 0.15) is 10.8 Å². The summed E-state index contributed by atoms with van der Waals surface area (Å²) in [4.78, 5) is 23.5. The van der Waals surface area contributed by atoms with Gasteiger partial charge in [0.05, 0.1) is 0 Å². The number of carbonyl (C=O) groups is 2. The van der Waals surface area contributed by atoms with Crippen molar-refractivity contribution < 1.29 is 23.1 Å². The molecule has 0 bridgehead atoms. The van der Waals surface area contributed by atoms with Crippen LogP contribution in [0.2, 0.25) is 0 Å². The first kappa shape index (κ1) is 15.9. The molecule has 0 heterocycles. The topological polar surface area (TPSA) is 101 Å². The number of hydrogen-bond acceptors (Lipinski definition) is 4. The largest absolute Gasteiger partial charge is 0.479 e. The van der Waals surface area contributed by atoms with E-state index in [0.29, 0.717) is 19.3 Å². The maximum atomic E-state index is 12.0. The van der Waals surface area contributed by atoms with Crippen molar-refractivity contribution in [1.29, 1.82) is 0 Å². The van der Waals surface area contributed by atoms with E-state index in [0.717, 1.165) is 12.7 Å². The number of sulfone groups is 1. The molecule has 0 aromatic carbocycles. The third-order valence-corrected chi connectivity index (χ3v) is 5.54. The Bertz CT molecular complexity index is 473. The number of carboxylic acid groups (broad SMARTS) is 1. The van der Waals surface area contributed by atoms with Gasteiger partial charge in [0.2, 0.25) is 5.91 Å². The molecule has 0 radical (unpaired) electrons. The second kappa shape index (κ2) is 5.48. The normalized spacial score (nSPS) is 29.5. The van der Waals surface area contributed by atoms with E-state index in [-0.39, 0.29) is 5.92 Å². The standard InChI is InChI=1S/C12H21NO5S/c1-8-6-4-5-7-12(8,11(15)16)13-10(14)9(2)19(3,17)18/h8-9H,4-7H2,1-3H3,(H,13,14)(H,15,16). The highest BCUT2D eigenvalue weighted by molar-refractivity contribution is 7.92. The molecule has 1 amide bonds. The number of nitrogens with one attached hydrogen (secondary N) is 1. The smallest absolute Gasteiger partial charge is 0.329 e. The summed E-state index contributed by atoms with van der Waals surface area (Å²) in [5, 5.41) is 10.7. The van der Waals surface area contributed by atoms with E-state index in [1.54, 1.807) is 6.92 Å². The van der Waals surface area contributed by atoms with Crippen molar-refractivity contribution in [2.75, 3.05) is 6.26 Å². The van der Waals surface area contributed by atoms with Gasteiger partial charge < -0.3 is 10.4 Å². The van der Waals surface area contributed by atoms with E-state index in [1.165, 1.54) is 6.92 Å². The number of carbonyl (C=O) groups excluding carboxylic acids is 1. The lowest BCUT2D eigenvalue weighted by atomic mass is 9.73. The first-order valence-corrected chi connectivity index (χ1v) is 8.31. The van der Waals surface area contributed by atoms with E-state index < -0.39 is 32.5 Å². The molecular formula is C12H21NO5S.